The molecule has 2 aromatic rings. The number of amides is 1. The topological polar surface area (TPSA) is 74.7 Å². The molecule has 11 heteroatoms. The third-order valence-corrected chi connectivity index (χ3v) is 6.05. The Kier molecular flexibility index (Phi) is 5.06. The van der Waals surface area contributed by atoms with Gasteiger partial charge in [0.05, 0.1) is 31.9 Å². The van der Waals surface area contributed by atoms with Crippen molar-refractivity contribution in [3.05, 3.63) is 41.1 Å². The Morgan fingerprint density at radius 1 is 1.19 bits per heavy atom. The molecule has 1 amide bonds. The number of anilines is 2. The van der Waals surface area contributed by atoms with Gasteiger partial charge in [-0.05, 0) is 18.6 Å². The minimum Gasteiger partial charge on any atom is -0.442 e. The summed E-state index contributed by atoms with van der Waals surface area (Å²) in [6.07, 6.45) is -2.31. The molecule has 0 aliphatic carbocycles. The molecule has 3 aliphatic heterocycles. The number of nitrogens with zero attached hydrogens (tertiary/aromatic N) is 6. The number of aryl methyl sites for hydroxylation is 1. The van der Waals surface area contributed by atoms with Crippen LogP contribution in [0.25, 0.3) is 0 Å². The quantitative estimate of drug-likeness (QED) is 0.712. The number of hydrogen-bond acceptors (Lipinski definition) is 7. The Balaban J connectivity index is 1.20. The Morgan fingerprint density at radius 2 is 1.97 bits per heavy atom. The number of fused-ring (bicyclic) bond motifs is 1. The maximum absolute atomic E-state index is 12.9. The van der Waals surface area contributed by atoms with Crippen LogP contribution >= 0.6 is 0 Å². The van der Waals surface area contributed by atoms with Crippen molar-refractivity contribution in [2.24, 2.45) is 0 Å². The molecule has 2 saturated heterocycles. The second kappa shape index (κ2) is 7.79. The van der Waals surface area contributed by atoms with Crippen LogP contribution in [0, 0.1) is 0 Å². The van der Waals surface area contributed by atoms with Crippen LogP contribution in [-0.4, -0.2) is 58.2 Å². The lowest BCUT2D eigenvalue weighted by Crippen LogP contribution is -2.54. The highest BCUT2D eigenvalue weighted by Crippen LogP contribution is 2.34. The second-order valence-corrected chi connectivity index (χ2v) is 8.25. The van der Waals surface area contributed by atoms with Gasteiger partial charge in [0, 0.05) is 37.0 Å². The molecule has 8 nitrogen and oxygen atoms in total. The minimum absolute atomic E-state index is 0.340. The van der Waals surface area contributed by atoms with Crippen molar-refractivity contribution < 1.29 is 22.7 Å². The van der Waals surface area contributed by atoms with Crippen LogP contribution in [0.2, 0.25) is 0 Å². The van der Waals surface area contributed by atoms with E-state index >= 15 is 0 Å². The van der Waals surface area contributed by atoms with Crippen molar-refractivity contribution in [3.8, 4) is 0 Å². The molecule has 0 spiro atoms. The van der Waals surface area contributed by atoms with E-state index in [9.17, 15) is 18.0 Å². The van der Waals surface area contributed by atoms with Crippen molar-refractivity contribution in [2.45, 2.75) is 45.1 Å². The standard InChI is InChI=1S/C21H23F3N6O2/c1-2-18-26-16-12-30(11-15(16)19(27-18)28-6-3-7-28)20(31)32-14-9-29(10-14)13-4-5-25-17(8-13)21(22,23)24/h4-5,8,14H,2-3,6-7,9-12H2,1H3. The second-order valence-electron chi connectivity index (χ2n) is 8.25. The first-order valence-electron chi connectivity index (χ1n) is 10.7. The van der Waals surface area contributed by atoms with Crippen molar-refractivity contribution in [1.82, 2.24) is 19.9 Å². The highest BCUT2D eigenvalue weighted by Gasteiger charge is 2.37. The summed E-state index contributed by atoms with van der Waals surface area (Å²) in [5, 5.41) is 0. The average Bonchev–Trinajstić information content (AvgIpc) is 3.13. The molecular weight excluding hydrogens is 425 g/mol. The van der Waals surface area contributed by atoms with E-state index in [-0.39, 0.29) is 6.10 Å². The van der Waals surface area contributed by atoms with Gasteiger partial charge in [0.1, 0.15) is 23.4 Å². The van der Waals surface area contributed by atoms with Gasteiger partial charge in [-0.25, -0.2) is 14.8 Å². The van der Waals surface area contributed by atoms with Crippen molar-refractivity contribution in [3.63, 3.8) is 0 Å². The van der Waals surface area contributed by atoms with Crippen molar-refractivity contribution in [1.29, 1.82) is 0 Å². The zero-order chi connectivity index (χ0) is 22.5. The molecule has 32 heavy (non-hydrogen) atoms. The fourth-order valence-corrected chi connectivity index (χ4v) is 4.08. The van der Waals surface area contributed by atoms with E-state index in [1.165, 1.54) is 6.07 Å². The smallest absolute Gasteiger partial charge is 0.433 e. The van der Waals surface area contributed by atoms with Gasteiger partial charge in [0.25, 0.3) is 0 Å². The number of halogens is 3. The van der Waals surface area contributed by atoms with Crippen LogP contribution in [0.1, 0.15) is 36.1 Å². The SMILES string of the molecule is CCc1nc2c(c(N3CCC3)n1)CN(C(=O)OC1CN(c3ccnc(C(F)(F)F)c3)C1)C2. The van der Waals surface area contributed by atoms with E-state index in [1.807, 2.05) is 6.92 Å². The monoisotopic (exact) mass is 448 g/mol. The maximum Gasteiger partial charge on any atom is 0.433 e. The fourth-order valence-electron chi connectivity index (χ4n) is 4.08. The lowest BCUT2D eigenvalue weighted by atomic mass is 10.1. The summed E-state index contributed by atoms with van der Waals surface area (Å²) in [7, 11) is 0. The largest absolute Gasteiger partial charge is 0.442 e. The third-order valence-electron chi connectivity index (χ3n) is 6.05. The minimum atomic E-state index is -4.49. The highest BCUT2D eigenvalue weighted by molar-refractivity contribution is 5.70. The first-order chi connectivity index (χ1) is 15.3. The molecule has 3 aliphatic rings. The summed E-state index contributed by atoms with van der Waals surface area (Å²) >= 11 is 0. The number of alkyl halides is 3. The van der Waals surface area contributed by atoms with Crippen LogP contribution in [0.5, 0.6) is 0 Å². The summed E-state index contributed by atoms with van der Waals surface area (Å²) in [5.74, 6) is 1.69. The fraction of sp³-hybridized carbons (Fsp3) is 0.524. The normalized spacial score (nSPS) is 18.3. The maximum atomic E-state index is 12.9. The van der Waals surface area contributed by atoms with Crippen LogP contribution in [0.4, 0.5) is 29.5 Å². The molecule has 0 radical (unpaired) electrons. The lowest BCUT2D eigenvalue weighted by Gasteiger charge is -2.40. The number of hydrogen-bond donors (Lipinski definition) is 0. The van der Waals surface area contributed by atoms with Gasteiger partial charge in [-0.15, -0.1) is 0 Å². The van der Waals surface area contributed by atoms with Crippen LogP contribution < -0.4 is 9.80 Å². The van der Waals surface area contributed by atoms with E-state index in [0.29, 0.717) is 31.9 Å². The Hall–Kier alpha value is -3.11. The number of carbonyl (C=O) groups excluding carboxylic acids is 1. The Morgan fingerprint density at radius 3 is 2.62 bits per heavy atom. The molecule has 5 heterocycles. The molecule has 170 valence electrons. The molecule has 0 aromatic carbocycles. The Bertz CT molecular complexity index is 1040. The predicted molar refractivity (Wildman–Crippen MR) is 109 cm³/mol. The zero-order valence-electron chi connectivity index (χ0n) is 17.6. The molecular formula is C21H23F3N6O2. The van der Waals surface area contributed by atoms with Gasteiger partial charge in [-0.1, -0.05) is 6.92 Å². The van der Waals surface area contributed by atoms with E-state index in [1.54, 1.807) is 9.80 Å². The van der Waals surface area contributed by atoms with Crippen molar-refractivity contribution in [2.75, 3.05) is 36.0 Å². The Labute approximate surface area is 183 Å². The molecule has 0 atom stereocenters. The van der Waals surface area contributed by atoms with Crippen LogP contribution in [0.3, 0.4) is 0 Å². The van der Waals surface area contributed by atoms with Gasteiger partial charge < -0.3 is 14.5 Å². The molecule has 2 aromatic heterocycles. The van der Waals surface area contributed by atoms with Crippen LogP contribution in [0.15, 0.2) is 18.3 Å². The number of aromatic nitrogens is 3. The van der Waals surface area contributed by atoms with E-state index < -0.39 is 18.0 Å². The molecule has 0 unspecified atom stereocenters. The molecule has 0 bridgehead atoms. The van der Waals surface area contributed by atoms with E-state index in [2.05, 4.69) is 19.9 Å². The summed E-state index contributed by atoms with van der Waals surface area (Å²) in [5.41, 5.74) is 1.32. The van der Waals surface area contributed by atoms with Gasteiger partial charge >= 0.3 is 12.3 Å². The van der Waals surface area contributed by atoms with Gasteiger partial charge in [-0.3, -0.25) is 9.88 Å². The zero-order valence-corrected chi connectivity index (χ0v) is 17.6. The number of rotatable bonds is 4. The number of carbonyl (C=O) groups is 1. The summed E-state index contributed by atoms with van der Waals surface area (Å²) < 4.78 is 44.2. The van der Waals surface area contributed by atoms with Gasteiger partial charge in [0.2, 0.25) is 0 Å². The summed E-state index contributed by atoms with van der Waals surface area (Å²) in [6, 6.07) is 2.53. The first-order valence-corrected chi connectivity index (χ1v) is 10.7. The lowest BCUT2D eigenvalue weighted by molar-refractivity contribution is -0.141. The molecule has 5 rings (SSSR count). The third kappa shape index (κ3) is 3.80. The first kappa shape index (κ1) is 20.8. The van der Waals surface area contributed by atoms with E-state index in [0.717, 1.165) is 61.1 Å². The van der Waals surface area contributed by atoms with Gasteiger partial charge in [0.15, 0.2) is 0 Å². The average molecular weight is 448 g/mol. The molecule has 2 fully saturated rings. The highest BCUT2D eigenvalue weighted by atomic mass is 19.4. The summed E-state index contributed by atoms with van der Waals surface area (Å²) in [4.78, 5) is 30.9. The van der Waals surface area contributed by atoms with Crippen LogP contribution in [-0.2, 0) is 30.4 Å². The van der Waals surface area contributed by atoms with Crippen molar-refractivity contribution >= 4 is 17.6 Å². The summed E-state index contributed by atoms with van der Waals surface area (Å²) in [6.45, 7) is 5.38. The molecule has 0 saturated carbocycles. The predicted octanol–water partition coefficient (Wildman–Crippen LogP) is 3.00. The van der Waals surface area contributed by atoms with Gasteiger partial charge in [-0.2, -0.15) is 13.2 Å². The number of pyridine rings is 1. The van der Waals surface area contributed by atoms with E-state index in [4.69, 9.17) is 4.74 Å². The molecule has 0 N–H and O–H groups in total. The number of ether oxygens (including phenoxy) is 1.